The number of amides is 2. The highest BCUT2D eigenvalue weighted by Crippen LogP contribution is 2.24. The lowest BCUT2D eigenvalue weighted by Crippen LogP contribution is -2.57. The Balaban J connectivity index is 1.38. The fraction of sp³-hybridized carbons (Fsp3) is 0.455. The largest absolute Gasteiger partial charge is 0.382 e. The first-order chi connectivity index (χ1) is 15.2. The average Bonchev–Trinajstić information content (AvgIpc) is 3.11. The van der Waals surface area contributed by atoms with Crippen molar-refractivity contribution in [1.29, 1.82) is 0 Å². The number of piperazine rings is 1. The molecule has 2 heterocycles. The molecule has 1 N–H and O–H groups in total. The number of hydrogen-bond donors (Lipinski definition) is 1. The van der Waals surface area contributed by atoms with E-state index in [1.54, 1.807) is 29.3 Å². The number of carbonyl (C=O) groups excluding carboxylic acids is 2. The van der Waals surface area contributed by atoms with Crippen LogP contribution in [0.15, 0.2) is 41.3 Å². The normalized spacial score (nSPS) is 21.3. The van der Waals surface area contributed by atoms with Crippen molar-refractivity contribution in [3.63, 3.8) is 0 Å². The zero-order chi connectivity index (χ0) is 23.0. The molecule has 172 valence electrons. The first-order valence-electron chi connectivity index (χ1n) is 10.6. The summed E-state index contributed by atoms with van der Waals surface area (Å²) < 4.78 is 25.6. The second kappa shape index (κ2) is 8.97. The molecule has 2 aliphatic rings. The Labute approximate surface area is 192 Å². The van der Waals surface area contributed by atoms with Crippen LogP contribution in [0.2, 0.25) is 5.02 Å². The predicted octanol–water partition coefficient (Wildman–Crippen LogP) is 1.56. The second-order valence-electron chi connectivity index (χ2n) is 8.38. The fourth-order valence-corrected chi connectivity index (χ4v) is 5.73. The van der Waals surface area contributed by atoms with Crippen molar-refractivity contribution in [3.05, 3.63) is 41.4 Å². The lowest BCUT2D eigenvalue weighted by molar-refractivity contribution is -0.153. The number of fused-ring (bicyclic) bond motifs is 1. The van der Waals surface area contributed by atoms with Crippen molar-refractivity contribution in [3.8, 4) is 0 Å². The quantitative estimate of drug-likeness (QED) is 0.698. The number of rotatable bonds is 5. The lowest BCUT2D eigenvalue weighted by atomic mass is 10.1. The van der Waals surface area contributed by atoms with Gasteiger partial charge in [-0.1, -0.05) is 30.7 Å². The molecule has 0 bridgehead atoms. The molecule has 2 unspecified atom stereocenters. The van der Waals surface area contributed by atoms with Gasteiger partial charge in [0.2, 0.25) is 5.91 Å². The van der Waals surface area contributed by atoms with E-state index in [9.17, 15) is 23.1 Å². The molecular weight excluding hydrogens is 454 g/mol. The standard InChI is InChI=1S/C22H26ClN3O5S/c1-15-6-7-26(21(15)28)25-10-8-24(9-11-25)22(29)20(27)14-32(30,31)19-5-3-16-12-18(23)4-2-17(16)13-19/h2-5,12-13,15,20,27H,6-11,14H2,1H3. The minimum Gasteiger partial charge on any atom is -0.382 e. The van der Waals surface area contributed by atoms with Gasteiger partial charge in [0.25, 0.3) is 5.91 Å². The Hall–Kier alpha value is -2.20. The van der Waals surface area contributed by atoms with Crippen LogP contribution in [0.1, 0.15) is 13.3 Å². The van der Waals surface area contributed by atoms with E-state index in [2.05, 4.69) is 0 Å². The molecule has 0 spiro atoms. The number of aliphatic hydroxyl groups is 1. The number of hydrogen-bond acceptors (Lipinski definition) is 6. The monoisotopic (exact) mass is 479 g/mol. The van der Waals surface area contributed by atoms with Crippen molar-refractivity contribution >= 4 is 44.0 Å². The van der Waals surface area contributed by atoms with Crippen LogP contribution in [0.25, 0.3) is 10.8 Å². The molecule has 2 aromatic carbocycles. The highest BCUT2D eigenvalue weighted by molar-refractivity contribution is 7.91. The Bertz CT molecular complexity index is 1150. The van der Waals surface area contributed by atoms with Crippen molar-refractivity contribution in [2.24, 2.45) is 5.92 Å². The Kier molecular flexibility index (Phi) is 6.44. The number of nitrogens with zero attached hydrogens (tertiary/aromatic N) is 3. The number of carbonyl (C=O) groups is 2. The molecule has 32 heavy (non-hydrogen) atoms. The first kappa shape index (κ1) is 23.0. The second-order valence-corrected chi connectivity index (χ2v) is 10.9. The Morgan fingerprint density at radius 3 is 2.41 bits per heavy atom. The van der Waals surface area contributed by atoms with Gasteiger partial charge >= 0.3 is 0 Å². The summed E-state index contributed by atoms with van der Waals surface area (Å²) in [6.45, 7) is 4.17. The maximum Gasteiger partial charge on any atom is 0.252 e. The Morgan fingerprint density at radius 1 is 1.09 bits per heavy atom. The summed E-state index contributed by atoms with van der Waals surface area (Å²) in [5.74, 6) is -1.20. The fourth-order valence-electron chi connectivity index (χ4n) is 4.22. The molecule has 0 aromatic heterocycles. The smallest absolute Gasteiger partial charge is 0.252 e. The topological polar surface area (TPSA) is 98.2 Å². The third-order valence-corrected chi connectivity index (χ3v) is 8.12. The zero-order valence-corrected chi connectivity index (χ0v) is 19.3. The molecule has 0 saturated carbocycles. The summed E-state index contributed by atoms with van der Waals surface area (Å²) in [4.78, 5) is 26.4. The van der Waals surface area contributed by atoms with Gasteiger partial charge in [-0.2, -0.15) is 0 Å². The molecule has 2 aliphatic heterocycles. The van der Waals surface area contributed by atoms with Crippen LogP contribution in [0.5, 0.6) is 0 Å². The van der Waals surface area contributed by atoms with Crippen LogP contribution >= 0.6 is 11.6 Å². The van der Waals surface area contributed by atoms with E-state index in [1.807, 2.05) is 11.9 Å². The Morgan fingerprint density at radius 2 is 1.75 bits per heavy atom. The molecule has 2 fully saturated rings. The first-order valence-corrected chi connectivity index (χ1v) is 12.6. The molecule has 2 aromatic rings. The molecule has 2 atom stereocenters. The third kappa shape index (κ3) is 4.61. The molecule has 0 aliphatic carbocycles. The van der Waals surface area contributed by atoms with E-state index in [-0.39, 0.29) is 16.7 Å². The predicted molar refractivity (Wildman–Crippen MR) is 121 cm³/mol. The van der Waals surface area contributed by atoms with Crippen molar-refractivity contribution < 1.29 is 23.1 Å². The van der Waals surface area contributed by atoms with Crippen molar-refractivity contribution in [1.82, 2.24) is 14.9 Å². The molecule has 8 nitrogen and oxygen atoms in total. The molecule has 10 heteroatoms. The van der Waals surface area contributed by atoms with Crippen LogP contribution < -0.4 is 0 Å². The maximum absolute atomic E-state index is 12.8. The van der Waals surface area contributed by atoms with Gasteiger partial charge in [0.1, 0.15) is 6.10 Å². The van der Waals surface area contributed by atoms with Gasteiger partial charge in [-0.3, -0.25) is 14.6 Å². The van der Waals surface area contributed by atoms with E-state index < -0.39 is 27.6 Å². The summed E-state index contributed by atoms with van der Waals surface area (Å²) in [5, 5.41) is 16.1. The summed E-state index contributed by atoms with van der Waals surface area (Å²) >= 11 is 5.97. The average molecular weight is 480 g/mol. The highest BCUT2D eigenvalue weighted by Gasteiger charge is 2.36. The van der Waals surface area contributed by atoms with Gasteiger partial charge < -0.3 is 10.0 Å². The molecule has 2 amide bonds. The van der Waals surface area contributed by atoms with Gasteiger partial charge in [0.15, 0.2) is 9.84 Å². The maximum atomic E-state index is 12.8. The number of sulfone groups is 1. The van der Waals surface area contributed by atoms with Gasteiger partial charge in [0.05, 0.1) is 10.6 Å². The minimum absolute atomic E-state index is 0.00813. The molecular formula is C22H26ClN3O5S. The van der Waals surface area contributed by atoms with Gasteiger partial charge in [-0.15, -0.1) is 0 Å². The van der Waals surface area contributed by atoms with E-state index in [4.69, 9.17) is 11.6 Å². The van der Waals surface area contributed by atoms with Crippen LogP contribution in [0, 0.1) is 5.92 Å². The van der Waals surface area contributed by atoms with Crippen LogP contribution in [-0.4, -0.2) is 84.8 Å². The van der Waals surface area contributed by atoms with Crippen molar-refractivity contribution in [2.75, 3.05) is 38.5 Å². The molecule has 4 rings (SSSR count). The summed E-state index contributed by atoms with van der Waals surface area (Å²) in [6.07, 6.45) is -0.836. The summed E-state index contributed by atoms with van der Waals surface area (Å²) in [7, 11) is -3.88. The van der Waals surface area contributed by atoms with E-state index >= 15 is 0 Å². The van der Waals surface area contributed by atoms with Gasteiger partial charge in [0, 0.05) is 43.7 Å². The van der Waals surface area contributed by atoms with E-state index in [1.165, 1.54) is 17.0 Å². The van der Waals surface area contributed by atoms with Gasteiger partial charge in [-0.05, 0) is 41.5 Å². The van der Waals surface area contributed by atoms with Crippen molar-refractivity contribution in [2.45, 2.75) is 24.3 Å². The summed E-state index contributed by atoms with van der Waals surface area (Å²) in [6, 6.07) is 9.77. The summed E-state index contributed by atoms with van der Waals surface area (Å²) in [5.41, 5.74) is 0. The number of hydrazine groups is 1. The van der Waals surface area contributed by atoms with Crippen LogP contribution in [0.3, 0.4) is 0 Å². The van der Waals surface area contributed by atoms with Crippen LogP contribution in [0.4, 0.5) is 0 Å². The van der Waals surface area contributed by atoms with E-state index in [0.717, 1.165) is 11.8 Å². The molecule has 0 radical (unpaired) electrons. The number of halogens is 1. The third-order valence-electron chi connectivity index (χ3n) is 6.15. The zero-order valence-electron chi connectivity index (χ0n) is 17.8. The lowest BCUT2D eigenvalue weighted by Gasteiger charge is -2.39. The highest BCUT2D eigenvalue weighted by atomic mass is 35.5. The number of aliphatic hydroxyl groups excluding tert-OH is 1. The van der Waals surface area contributed by atoms with Gasteiger partial charge in [-0.25, -0.2) is 13.4 Å². The SMILES string of the molecule is CC1CCN(N2CCN(C(=O)C(O)CS(=O)(=O)c3ccc4cc(Cl)ccc4c3)CC2)C1=O. The van der Waals surface area contributed by atoms with E-state index in [0.29, 0.717) is 43.1 Å². The van der Waals surface area contributed by atoms with Crippen LogP contribution in [-0.2, 0) is 19.4 Å². The number of benzene rings is 2. The minimum atomic E-state index is -3.88. The molecule has 2 saturated heterocycles.